The van der Waals surface area contributed by atoms with Gasteiger partial charge in [-0.15, -0.1) is 0 Å². The lowest BCUT2D eigenvalue weighted by atomic mass is 9.86. The first-order valence-electron chi connectivity index (χ1n) is 11.4. The molecule has 1 atom stereocenters. The average molecular weight is 428 g/mol. The van der Waals surface area contributed by atoms with Crippen molar-refractivity contribution in [2.75, 3.05) is 18.0 Å². The second-order valence-corrected chi connectivity index (χ2v) is 8.60. The van der Waals surface area contributed by atoms with Crippen LogP contribution in [0.3, 0.4) is 0 Å². The molecule has 0 aliphatic carbocycles. The largest absolute Gasteiger partial charge is 0.336 e. The molecule has 1 unspecified atom stereocenters. The van der Waals surface area contributed by atoms with E-state index >= 15 is 0 Å². The number of benzene rings is 3. The minimum Gasteiger partial charge on any atom is -0.336 e. The third-order valence-corrected chi connectivity index (χ3v) is 6.61. The summed E-state index contributed by atoms with van der Waals surface area (Å²) in [5.41, 5.74) is 2.91. The number of hydrogen-bond acceptors (Lipinski definition) is 4. The van der Waals surface area contributed by atoms with Gasteiger partial charge in [0, 0.05) is 25.2 Å². The van der Waals surface area contributed by atoms with Gasteiger partial charge in [-0.25, -0.2) is 0 Å². The van der Waals surface area contributed by atoms with Crippen LogP contribution in [0.15, 0.2) is 91.0 Å². The summed E-state index contributed by atoms with van der Waals surface area (Å²) in [5.74, 6) is 0.130. The van der Waals surface area contributed by atoms with Crippen molar-refractivity contribution in [1.82, 2.24) is 10.4 Å². The predicted molar refractivity (Wildman–Crippen MR) is 126 cm³/mol. The molecule has 0 saturated carbocycles. The molecule has 1 spiro atoms. The Bertz CT molecular complexity index is 1020. The van der Waals surface area contributed by atoms with Crippen LogP contribution in [-0.2, 0) is 22.7 Å². The summed E-state index contributed by atoms with van der Waals surface area (Å²) >= 11 is 0. The number of amides is 1. The van der Waals surface area contributed by atoms with E-state index in [4.69, 9.17) is 4.84 Å². The van der Waals surface area contributed by atoms with Gasteiger partial charge in [0.2, 0.25) is 5.91 Å². The van der Waals surface area contributed by atoms with Gasteiger partial charge in [-0.1, -0.05) is 78.9 Å². The molecule has 2 saturated heterocycles. The van der Waals surface area contributed by atoms with Gasteiger partial charge in [-0.3, -0.25) is 9.63 Å². The van der Waals surface area contributed by atoms with Gasteiger partial charge in [0.05, 0.1) is 6.61 Å². The first-order chi connectivity index (χ1) is 15.7. The third-order valence-electron chi connectivity index (χ3n) is 6.61. The van der Waals surface area contributed by atoms with Crippen molar-refractivity contribution in [2.24, 2.45) is 0 Å². The van der Waals surface area contributed by atoms with E-state index in [0.717, 1.165) is 43.6 Å². The Hall–Kier alpha value is -3.15. The summed E-state index contributed by atoms with van der Waals surface area (Å²) in [6.45, 7) is 2.00. The van der Waals surface area contributed by atoms with Gasteiger partial charge in [0.25, 0.3) is 0 Å². The van der Waals surface area contributed by atoms with E-state index in [2.05, 4.69) is 58.7 Å². The van der Waals surface area contributed by atoms with Crippen LogP contribution in [0.1, 0.15) is 24.0 Å². The topological polar surface area (TPSA) is 44.8 Å². The maximum absolute atomic E-state index is 13.4. The number of hydroxylamine groups is 2. The maximum atomic E-state index is 13.4. The Labute approximate surface area is 189 Å². The zero-order chi connectivity index (χ0) is 21.8. The van der Waals surface area contributed by atoms with Crippen molar-refractivity contribution in [2.45, 2.75) is 37.6 Å². The number of anilines is 1. The molecule has 5 heteroatoms. The van der Waals surface area contributed by atoms with E-state index in [1.807, 2.05) is 47.5 Å². The highest BCUT2D eigenvalue weighted by Gasteiger charge is 2.54. The molecule has 3 aromatic rings. The molecule has 3 aromatic carbocycles. The smallest absolute Gasteiger partial charge is 0.247 e. The van der Waals surface area contributed by atoms with Crippen molar-refractivity contribution in [1.29, 1.82) is 0 Å². The Balaban J connectivity index is 1.34. The molecule has 1 amide bonds. The van der Waals surface area contributed by atoms with Crippen molar-refractivity contribution in [3.05, 3.63) is 102 Å². The Morgan fingerprint density at radius 1 is 0.812 bits per heavy atom. The standard InChI is InChI=1S/C27H29N3O2/c31-26-27(16-18-29(19-17-27)32-21-23-12-6-2-7-13-23)30(24-14-8-3-9-15-24)25(28-26)20-22-10-4-1-5-11-22/h1-15,25H,16-21H2,(H,28,31). The Morgan fingerprint density at radius 3 is 2.00 bits per heavy atom. The first-order valence-corrected chi connectivity index (χ1v) is 11.4. The molecule has 2 heterocycles. The molecular formula is C27H29N3O2. The van der Waals surface area contributed by atoms with E-state index in [9.17, 15) is 4.79 Å². The fraction of sp³-hybridized carbons (Fsp3) is 0.296. The lowest BCUT2D eigenvalue weighted by Crippen LogP contribution is -2.57. The summed E-state index contributed by atoms with van der Waals surface area (Å²) in [7, 11) is 0. The first kappa shape index (κ1) is 20.7. The molecule has 0 radical (unpaired) electrons. The van der Waals surface area contributed by atoms with E-state index in [-0.39, 0.29) is 12.1 Å². The molecule has 5 nitrogen and oxygen atoms in total. The minimum atomic E-state index is -0.548. The van der Waals surface area contributed by atoms with Crippen LogP contribution in [0, 0.1) is 0 Å². The van der Waals surface area contributed by atoms with Crippen LogP contribution < -0.4 is 10.2 Å². The van der Waals surface area contributed by atoms with Crippen molar-refractivity contribution >= 4 is 11.6 Å². The fourth-order valence-electron chi connectivity index (χ4n) is 4.95. The highest BCUT2D eigenvalue weighted by molar-refractivity contribution is 5.94. The number of carbonyl (C=O) groups excluding carboxylic acids is 1. The molecule has 1 N–H and O–H groups in total. The van der Waals surface area contributed by atoms with Crippen LogP contribution in [0.2, 0.25) is 0 Å². The zero-order valence-electron chi connectivity index (χ0n) is 18.2. The van der Waals surface area contributed by atoms with Crippen LogP contribution in [0.4, 0.5) is 5.69 Å². The van der Waals surface area contributed by atoms with Crippen LogP contribution >= 0.6 is 0 Å². The summed E-state index contributed by atoms with van der Waals surface area (Å²) in [5, 5.41) is 5.32. The van der Waals surface area contributed by atoms with Gasteiger partial charge >= 0.3 is 0 Å². The molecule has 32 heavy (non-hydrogen) atoms. The number of piperidine rings is 1. The van der Waals surface area contributed by atoms with E-state index < -0.39 is 5.54 Å². The molecule has 2 aliphatic heterocycles. The van der Waals surface area contributed by atoms with Gasteiger partial charge in [-0.2, -0.15) is 5.06 Å². The van der Waals surface area contributed by atoms with Gasteiger partial charge in [-0.05, 0) is 36.1 Å². The van der Waals surface area contributed by atoms with E-state index in [0.29, 0.717) is 6.61 Å². The van der Waals surface area contributed by atoms with Crippen molar-refractivity contribution < 1.29 is 9.63 Å². The third kappa shape index (κ3) is 4.14. The fourth-order valence-corrected chi connectivity index (χ4v) is 4.95. The average Bonchev–Trinajstić information content (AvgIpc) is 3.11. The molecule has 2 aliphatic rings. The van der Waals surface area contributed by atoms with Crippen LogP contribution in [-0.4, -0.2) is 35.8 Å². The second kappa shape index (κ2) is 9.15. The number of hydrogen-bond donors (Lipinski definition) is 1. The highest BCUT2D eigenvalue weighted by atomic mass is 16.7. The number of para-hydroxylation sites is 1. The number of nitrogens with zero attached hydrogens (tertiary/aromatic N) is 2. The molecule has 0 bridgehead atoms. The van der Waals surface area contributed by atoms with Crippen molar-refractivity contribution in [3.8, 4) is 0 Å². The second-order valence-electron chi connectivity index (χ2n) is 8.60. The SMILES string of the molecule is O=C1NC(Cc2ccccc2)N(c2ccccc2)C12CCN(OCc1ccccc1)CC2. The summed E-state index contributed by atoms with van der Waals surface area (Å²) in [6, 6.07) is 30.9. The van der Waals surface area contributed by atoms with Crippen molar-refractivity contribution in [3.63, 3.8) is 0 Å². The Morgan fingerprint density at radius 2 is 1.38 bits per heavy atom. The Kier molecular flexibility index (Phi) is 5.93. The molecule has 5 rings (SSSR count). The summed E-state index contributed by atoms with van der Waals surface area (Å²) < 4.78 is 0. The lowest BCUT2D eigenvalue weighted by molar-refractivity contribution is -0.185. The molecule has 2 fully saturated rings. The summed E-state index contributed by atoms with van der Waals surface area (Å²) in [6.07, 6.45) is 2.17. The van der Waals surface area contributed by atoms with Crippen LogP contribution in [0.25, 0.3) is 0 Å². The number of nitrogens with one attached hydrogen (secondary N) is 1. The zero-order valence-corrected chi connectivity index (χ0v) is 18.2. The number of carbonyl (C=O) groups is 1. The highest BCUT2D eigenvalue weighted by Crippen LogP contribution is 2.39. The minimum absolute atomic E-state index is 0.0657. The van der Waals surface area contributed by atoms with E-state index in [1.54, 1.807) is 0 Å². The lowest BCUT2D eigenvalue weighted by Gasteiger charge is -2.44. The summed E-state index contributed by atoms with van der Waals surface area (Å²) in [4.78, 5) is 21.8. The quantitative estimate of drug-likeness (QED) is 0.642. The van der Waals surface area contributed by atoms with Gasteiger partial charge in [0.15, 0.2) is 0 Å². The molecule has 0 aromatic heterocycles. The predicted octanol–water partition coefficient (Wildman–Crippen LogP) is 4.16. The molecular weight excluding hydrogens is 398 g/mol. The number of rotatable bonds is 6. The van der Waals surface area contributed by atoms with Gasteiger partial charge in [0.1, 0.15) is 11.7 Å². The van der Waals surface area contributed by atoms with Gasteiger partial charge < -0.3 is 10.2 Å². The normalized spacial score (nSPS) is 20.4. The molecule has 164 valence electrons. The maximum Gasteiger partial charge on any atom is 0.247 e. The monoisotopic (exact) mass is 427 g/mol. The van der Waals surface area contributed by atoms with E-state index in [1.165, 1.54) is 5.56 Å². The van der Waals surface area contributed by atoms with Crippen LogP contribution in [0.5, 0.6) is 0 Å².